The average molecular weight is 230 g/mol. The van der Waals surface area contributed by atoms with Gasteiger partial charge >= 0.3 is 0 Å². The van der Waals surface area contributed by atoms with E-state index in [9.17, 15) is 0 Å². The molecule has 2 rings (SSSR count). The lowest BCUT2D eigenvalue weighted by Gasteiger charge is -2.11. The number of aromatic nitrogens is 3. The van der Waals surface area contributed by atoms with Crippen molar-refractivity contribution in [3.8, 4) is 0 Å². The minimum absolute atomic E-state index is 0.193. The van der Waals surface area contributed by atoms with Gasteiger partial charge < -0.3 is 5.73 Å². The maximum Gasteiger partial charge on any atom is 0.0759 e. The third-order valence-electron chi connectivity index (χ3n) is 2.81. The first-order valence-corrected chi connectivity index (χ1v) is 5.91. The Hall–Kier alpha value is -1.68. The topological polar surface area (TPSA) is 56.7 Å². The Balaban J connectivity index is 2.24. The second kappa shape index (κ2) is 5.10. The van der Waals surface area contributed by atoms with Crippen LogP contribution in [-0.4, -0.2) is 14.8 Å². The SMILES string of the molecule is CCCn1cc(C(N)c2ncccc2C)cn1. The van der Waals surface area contributed by atoms with Crippen LogP contribution in [0.15, 0.2) is 30.7 Å². The molecule has 2 heterocycles. The van der Waals surface area contributed by atoms with Crippen molar-refractivity contribution in [1.82, 2.24) is 14.8 Å². The largest absolute Gasteiger partial charge is 0.319 e. The molecule has 2 N–H and O–H groups in total. The summed E-state index contributed by atoms with van der Waals surface area (Å²) in [6.45, 7) is 5.08. The van der Waals surface area contributed by atoms with Gasteiger partial charge in [-0.05, 0) is 25.0 Å². The van der Waals surface area contributed by atoms with Crippen molar-refractivity contribution < 1.29 is 0 Å². The average Bonchev–Trinajstić information content (AvgIpc) is 2.78. The predicted octanol–water partition coefficient (Wildman–Crippen LogP) is 2.04. The van der Waals surface area contributed by atoms with Crippen LogP contribution in [-0.2, 0) is 6.54 Å². The van der Waals surface area contributed by atoms with Crippen LogP contribution in [0.1, 0.15) is 36.2 Å². The summed E-state index contributed by atoms with van der Waals surface area (Å²) < 4.78 is 1.92. The van der Waals surface area contributed by atoms with Crippen LogP contribution in [0.4, 0.5) is 0 Å². The maximum absolute atomic E-state index is 6.21. The van der Waals surface area contributed by atoms with E-state index in [4.69, 9.17) is 5.73 Å². The minimum atomic E-state index is -0.193. The van der Waals surface area contributed by atoms with Crippen molar-refractivity contribution in [2.45, 2.75) is 32.9 Å². The van der Waals surface area contributed by atoms with Crippen molar-refractivity contribution in [2.75, 3.05) is 0 Å². The zero-order valence-corrected chi connectivity index (χ0v) is 10.3. The van der Waals surface area contributed by atoms with Gasteiger partial charge in [0.15, 0.2) is 0 Å². The molecule has 1 atom stereocenters. The first-order valence-electron chi connectivity index (χ1n) is 5.91. The normalized spacial score (nSPS) is 12.6. The van der Waals surface area contributed by atoms with Gasteiger partial charge in [-0.2, -0.15) is 5.10 Å². The lowest BCUT2D eigenvalue weighted by molar-refractivity contribution is 0.601. The third-order valence-corrected chi connectivity index (χ3v) is 2.81. The fourth-order valence-corrected chi connectivity index (χ4v) is 1.87. The van der Waals surface area contributed by atoms with Crippen molar-refractivity contribution >= 4 is 0 Å². The molecular formula is C13H18N4. The molecule has 17 heavy (non-hydrogen) atoms. The van der Waals surface area contributed by atoms with Crippen LogP contribution < -0.4 is 5.73 Å². The van der Waals surface area contributed by atoms with Crippen LogP contribution >= 0.6 is 0 Å². The molecule has 2 aromatic heterocycles. The molecule has 2 aromatic rings. The molecule has 0 saturated heterocycles. The quantitative estimate of drug-likeness (QED) is 0.874. The number of pyridine rings is 1. The third kappa shape index (κ3) is 2.53. The van der Waals surface area contributed by atoms with Gasteiger partial charge in [-0.15, -0.1) is 0 Å². The zero-order chi connectivity index (χ0) is 12.3. The molecule has 0 aliphatic heterocycles. The number of nitrogens with two attached hydrogens (primary N) is 1. The lowest BCUT2D eigenvalue weighted by atomic mass is 10.0. The smallest absolute Gasteiger partial charge is 0.0759 e. The van der Waals surface area contributed by atoms with E-state index in [2.05, 4.69) is 17.0 Å². The summed E-state index contributed by atoms with van der Waals surface area (Å²) in [4.78, 5) is 4.35. The molecule has 0 bridgehead atoms. The van der Waals surface area contributed by atoms with Gasteiger partial charge in [0.1, 0.15) is 0 Å². The number of nitrogens with zero attached hydrogens (tertiary/aromatic N) is 3. The Bertz CT molecular complexity index is 490. The van der Waals surface area contributed by atoms with E-state index in [0.29, 0.717) is 0 Å². The van der Waals surface area contributed by atoms with Crippen molar-refractivity contribution in [3.63, 3.8) is 0 Å². The van der Waals surface area contributed by atoms with E-state index in [1.807, 2.05) is 36.1 Å². The molecule has 0 aliphatic carbocycles. The highest BCUT2D eigenvalue weighted by Gasteiger charge is 2.14. The van der Waals surface area contributed by atoms with Crippen LogP contribution in [0, 0.1) is 6.92 Å². The first kappa shape index (κ1) is 11.8. The fourth-order valence-electron chi connectivity index (χ4n) is 1.87. The fraction of sp³-hybridized carbons (Fsp3) is 0.385. The maximum atomic E-state index is 6.21. The Labute approximate surface area is 101 Å². The highest BCUT2D eigenvalue weighted by Crippen LogP contribution is 2.19. The van der Waals surface area contributed by atoms with Crippen LogP contribution in [0.2, 0.25) is 0 Å². The Morgan fingerprint density at radius 1 is 1.47 bits per heavy atom. The molecule has 0 fully saturated rings. The zero-order valence-electron chi connectivity index (χ0n) is 10.3. The van der Waals surface area contributed by atoms with Gasteiger partial charge in [-0.25, -0.2) is 0 Å². The molecule has 0 aliphatic rings. The molecule has 0 radical (unpaired) electrons. The summed E-state index contributed by atoms with van der Waals surface area (Å²) in [5, 5.41) is 4.29. The summed E-state index contributed by atoms with van der Waals surface area (Å²) in [7, 11) is 0. The standard InChI is InChI=1S/C13H18N4/c1-3-7-17-9-11(8-16-17)12(14)13-10(2)5-4-6-15-13/h4-6,8-9,12H,3,7,14H2,1-2H3. The molecule has 0 spiro atoms. The number of hydrogen-bond donors (Lipinski definition) is 1. The van der Waals surface area contributed by atoms with E-state index in [1.54, 1.807) is 6.20 Å². The Morgan fingerprint density at radius 2 is 2.29 bits per heavy atom. The Morgan fingerprint density at radius 3 is 3.00 bits per heavy atom. The van der Waals surface area contributed by atoms with E-state index < -0.39 is 0 Å². The molecule has 1 unspecified atom stereocenters. The summed E-state index contributed by atoms with van der Waals surface area (Å²) in [5.41, 5.74) is 9.26. The number of hydrogen-bond acceptors (Lipinski definition) is 3. The van der Waals surface area contributed by atoms with E-state index in [1.165, 1.54) is 0 Å². The number of aryl methyl sites for hydroxylation is 2. The summed E-state index contributed by atoms with van der Waals surface area (Å²) in [6.07, 6.45) is 6.67. The molecule has 90 valence electrons. The van der Waals surface area contributed by atoms with Crippen molar-refractivity contribution in [2.24, 2.45) is 5.73 Å². The minimum Gasteiger partial charge on any atom is -0.319 e. The molecule has 0 aromatic carbocycles. The van der Waals surface area contributed by atoms with Crippen molar-refractivity contribution in [1.29, 1.82) is 0 Å². The highest BCUT2D eigenvalue weighted by atomic mass is 15.3. The molecule has 4 heteroatoms. The second-order valence-electron chi connectivity index (χ2n) is 4.22. The second-order valence-corrected chi connectivity index (χ2v) is 4.22. The van der Waals surface area contributed by atoms with Gasteiger partial charge in [0.05, 0.1) is 17.9 Å². The molecular weight excluding hydrogens is 212 g/mol. The Kier molecular flexibility index (Phi) is 3.54. The van der Waals surface area contributed by atoms with Gasteiger partial charge in [0, 0.05) is 24.5 Å². The van der Waals surface area contributed by atoms with Crippen molar-refractivity contribution in [3.05, 3.63) is 47.5 Å². The van der Waals surface area contributed by atoms with E-state index in [0.717, 1.165) is 29.8 Å². The van der Waals surface area contributed by atoms with Gasteiger partial charge in [-0.3, -0.25) is 9.67 Å². The molecule has 0 amide bonds. The summed E-state index contributed by atoms with van der Waals surface area (Å²) in [5.74, 6) is 0. The number of rotatable bonds is 4. The van der Waals surface area contributed by atoms with E-state index >= 15 is 0 Å². The van der Waals surface area contributed by atoms with Crippen LogP contribution in [0.3, 0.4) is 0 Å². The predicted molar refractivity (Wildman–Crippen MR) is 67.5 cm³/mol. The monoisotopic (exact) mass is 230 g/mol. The van der Waals surface area contributed by atoms with Gasteiger partial charge in [0.2, 0.25) is 0 Å². The molecule has 0 saturated carbocycles. The van der Waals surface area contributed by atoms with Gasteiger partial charge in [-0.1, -0.05) is 13.0 Å². The molecule has 4 nitrogen and oxygen atoms in total. The highest BCUT2D eigenvalue weighted by molar-refractivity contribution is 5.28. The van der Waals surface area contributed by atoms with Crippen LogP contribution in [0.25, 0.3) is 0 Å². The summed E-state index contributed by atoms with van der Waals surface area (Å²) in [6, 6.07) is 3.76. The lowest BCUT2D eigenvalue weighted by Crippen LogP contribution is -2.14. The summed E-state index contributed by atoms with van der Waals surface area (Å²) >= 11 is 0. The van der Waals surface area contributed by atoms with E-state index in [-0.39, 0.29) is 6.04 Å². The first-order chi connectivity index (χ1) is 8.22. The van der Waals surface area contributed by atoms with Crippen LogP contribution in [0.5, 0.6) is 0 Å². The van der Waals surface area contributed by atoms with Gasteiger partial charge in [0.25, 0.3) is 0 Å².